The molecule has 0 unspecified atom stereocenters. The Bertz CT molecular complexity index is 640. The molecule has 0 radical (unpaired) electrons. The van der Waals surface area contributed by atoms with Crippen LogP contribution in [0, 0.1) is 0 Å². The molecule has 0 saturated carbocycles. The van der Waals surface area contributed by atoms with Crippen LogP contribution in [0.25, 0.3) is 11.0 Å². The molecule has 2 heterocycles. The molecule has 4 nitrogen and oxygen atoms in total. The first-order valence-corrected chi connectivity index (χ1v) is 6.04. The molecule has 0 spiro atoms. The molecule has 0 bridgehead atoms. The topological polar surface area (TPSA) is 54.9 Å². The van der Waals surface area contributed by atoms with Crippen molar-refractivity contribution in [1.29, 1.82) is 0 Å². The van der Waals surface area contributed by atoms with Gasteiger partial charge >= 0.3 is 6.18 Å². The van der Waals surface area contributed by atoms with Crippen molar-refractivity contribution in [3.05, 3.63) is 35.7 Å². The van der Waals surface area contributed by atoms with Crippen LogP contribution >= 0.6 is 0 Å². The molecular weight excluding hydrogens is 271 g/mol. The number of alkyl halides is 3. The second-order valence-electron chi connectivity index (χ2n) is 4.19. The third-order valence-corrected chi connectivity index (χ3v) is 2.64. The number of fused-ring (bicyclic) bond motifs is 1. The molecule has 0 aliphatic heterocycles. The molecular formula is C13H12F3N3O. The van der Waals surface area contributed by atoms with Crippen LogP contribution in [0.1, 0.15) is 29.4 Å². The van der Waals surface area contributed by atoms with Gasteiger partial charge in [-0.2, -0.15) is 13.2 Å². The summed E-state index contributed by atoms with van der Waals surface area (Å²) in [6.45, 7) is 2.12. The number of carbonyl (C=O) groups is 1. The van der Waals surface area contributed by atoms with Crippen molar-refractivity contribution in [1.82, 2.24) is 15.3 Å². The maximum absolute atomic E-state index is 13.0. The lowest BCUT2D eigenvalue weighted by molar-refractivity contribution is -0.141. The lowest BCUT2D eigenvalue weighted by Crippen LogP contribution is -2.27. The van der Waals surface area contributed by atoms with Gasteiger partial charge in [-0.3, -0.25) is 4.79 Å². The summed E-state index contributed by atoms with van der Waals surface area (Å²) in [4.78, 5) is 19.1. The van der Waals surface area contributed by atoms with E-state index in [1.807, 2.05) is 6.92 Å². The van der Waals surface area contributed by atoms with Gasteiger partial charge in [-0.15, -0.1) is 0 Å². The molecule has 1 amide bonds. The first kappa shape index (κ1) is 14.2. The molecule has 0 aromatic carbocycles. The van der Waals surface area contributed by atoms with Gasteiger partial charge in [0.25, 0.3) is 5.91 Å². The molecule has 0 aliphatic rings. The maximum Gasteiger partial charge on any atom is 0.434 e. The van der Waals surface area contributed by atoms with Gasteiger partial charge in [0.2, 0.25) is 0 Å². The molecule has 106 valence electrons. The van der Waals surface area contributed by atoms with Gasteiger partial charge in [0.1, 0.15) is 0 Å². The number of pyridine rings is 2. The highest BCUT2D eigenvalue weighted by atomic mass is 19.4. The molecule has 2 aromatic rings. The largest absolute Gasteiger partial charge is 0.434 e. The molecule has 0 atom stereocenters. The van der Waals surface area contributed by atoms with Crippen LogP contribution in [0.5, 0.6) is 0 Å². The van der Waals surface area contributed by atoms with Crippen LogP contribution < -0.4 is 5.32 Å². The highest BCUT2D eigenvalue weighted by Gasteiger charge is 2.37. The number of amides is 1. The van der Waals surface area contributed by atoms with E-state index < -0.39 is 23.3 Å². The summed E-state index contributed by atoms with van der Waals surface area (Å²) < 4.78 is 39.0. The lowest BCUT2D eigenvalue weighted by atomic mass is 10.1. The minimum absolute atomic E-state index is 0.0353. The van der Waals surface area contributed by atoms with Crippen LogP contribution in [0.4, 0.5) is 13.2 Å². The fourth-order valence-corrected chi connectivity index (χ4v) is 1.73. The highest BCUT2D eigenvalue weighted by molar-refractivity contribution is 5.98. The Morgan fingerprint density at radius 3 is 2.80 bits per heavy atom. The van der Waals surface area contributed by atoms with Crippen molar-refractivity contribution in [2.24, 2.45) is 0 Å². The van der Waals surface area contributed by atoms with Crippen molar-refractivity contribution in [2.75, 3.05) is 6.54 Å². The van der Waals surface area contributed by atoms with E-state index >= 15 is 0 Å². The number of hydrogen-bond donors (Lipinski definition) is 1. The van der Waals surface area contributed by atoms with Crippen LogP contribution in [0.2, 0.25) is 0 Å². The second-order valence-corrected chi connectivity index (χ2v) is 4.19. The number of aromatic nitrogens is 2. The van der Waals surface area contributed by atoms with E-state index in [-0.39, 0.29) is 5.65 Å². The average Bonchev–Trinajstić information content (AvgIpc) is 2.42. The van der Waals surface area contributed by atoms with Gasteiger partial charge in [-0.25, -0.2) is 9.97 Å². The Morgan fingerprint density at radius 1 is 1.40 bits per heavy atom. The highest BCUT2D eigenvalue weighted by Crippen LogP contribution is 2.31. The predicted octanol–water partition coefficient (Wildman–Crippen LogP) is 2.79. The number of nitrogens with zero attached hydrogens (tertiary/aromatic N) is 2. The van der Waals surface area contributed by atoms with Crippen molar-refractivity contribution < 1.29 is 18.0 Å². The minimum atomic E-state index is -4.70. The van der Waals surface area contributed by atoms with Crippen LogP contribution in [0.3, 0.4) is 0 Å². The number of carbonyl (C=O) groups excluding carboxylic acids is 1. The van der Waals surface area contributed by atoms with Gasteiger partial charge in [-0.05, 0) is 24.6 Å². The van der Waals surface area contributed by atoms with Crippen LogP contribution in [0.15, 0.2) is 24.4 Å². The Balaban J connectivity index is 2.57. The first-order chi connectivity index (χ1) is 9.43. The van der Waals surface area contributed by atoms with Crippen molar-refractivity contribution in [2.45, 2.75) is 19.5 Å². The minimum Gasteiger partial charge on any atom is -0.352 e. The zero-order chi connectivity index (χ0) is 14.8. The number of rotatable bonds is 3. The summed E-state index contributed by atoms with van der Waals surface area (Å²) in [5.74, 6) is -0.780. The molecule has 2 rings (SSSR count). The SMILES string of the molecule is CCCNC(=O)c1cc2cccnc2nc1C(F)(F)F. The van der Waals surface area contributed by atoms with E-state index in [9.17, 15) is 18.0 Å². The zero-order valence-corrected chi connectivity index (χ0v) is 10.7. The first-order valence-electron chi connectivity index (χ1n) is 6.04. The third kappa shape index (κ3) is 2.87. The molecule has 0 saturated heterocycles. The van der Waals surface area contributed by atoms with Crippen molar-refractivity contribution in [3.63, 3.8) is 0 Å². The van der Waals surface area contributed by atoms with E-state index in [4.69, 9.17) is 0 Å². The lowest BCUT2D eigenvalue weighted by Gasteiger charge is -2.12. The van der Waals surface area contributed by atoms with E-state index in [1.54, 1.807) is 12.1 Å². The Kier molecular flexibility index (Phi) is 3.87. The summed E-state index contributed by atoms with van der Waals surface area (Å²) in [5, 5.41) is 2.82. The molecule has 2 aromatic heterocycles. The summed E-state index contributed by atoms with van der Waals surface area (Å²) in [7, 11) is 0. The van der Waals surface area contributed by atoms with Crippen LogP contribution in [-0.2, 0) is 6.18 Å². The van der Waals surface area contributed by atoms with Gasteiger partial charge in [0, 0.05) is 18.1 Å². The monoisotopic (exact) mass is 283 g/mol. The molecule has 0 fully saturated rings. The van der Waals surface area contributed by atoms with Gasteiger partial charge in [0.15, 0.2) is 11.3 Å². The number of nitrogens with one attached hydrogen (secondary N) is 1. The Labute approximate surface area is 113 Å². The van der Waals surface area contributed by atoms with E-state index in [1.165, 1.54) is 12.3 Å². The smallest absolute Gasteiger partial charge is 0.352 e. The summed E-state index contributed by atoms with van der Waals surface area (Å²) in [5.41, 5.74) is -1.73. The maximum atomic E-state index is 13.0. The fraction of sp³-hybridized carbons (Fsp3) is 0.308. The van der Waals surface area contributed by atoms with Gasteiger partial charge in [-0.1, -0.05) is 6.92 Å². The molecule has 7 heteroatoms. The summed E-state index contributed by atoms with van der Waals surface area (Å²) in [6.07, 6.45) is -2.72. The van der Waals surface area contributed by atoms with Gasteiger partial charge in [0.05, 0.1) is 5.56 Å². The quantitative estimate of drug-likeness (QED) is 0.942. The second kappa shape index (κ2) is 5.44. The molecule has 20 heavy (non-hydrogen) atoms. The Hall–Kier alpha value is -2.18. The normalized spacial score (nSPS) is 11.6. The molecule has 0 aliphatic carbocycles. The van der Waals surface area contributed by atoms with Gasteiger partial charge < -0.3 is 5.32 Å². The number of hydrogen-bond acceptors (Lipinski definition) is 3. The standard InChI is InChI=1S/C13H12F3N3O/c1-2-5-18-12(20)9-7-8-4-3-6-17-11(8)19-10(9)13(14,15)16/h3-4,6-7H,2,5H2,1H3,(H,18,20). The third-order valence-electron chi connectivity index (χ3n) is 2.64. The van der Waals surface area contributed by atoms with E-state index in [0.29, 0.717) is 18.4 Å². The van der Waals surface area contributed by atoms with E-state index in [2.05, 4.69) is 15.3 Å². The molecule has 1 N–H and O–H groups in total. The Morgan fingerprint density at radius 2 is 2.15 bits per heavy atom. The summed E-state index contributed by atoms with van der Waals surface area (Å²) >= 11 is 0. The number of halogens is 3. The van der Waals surface area contributed by atoms with E-state index in [0.717, 1.165) is 0 Å². The predicted molar refractivity (Wildman–Crippen MR) is 67.2 cm³/mol. The average molecular weight is 283 g/mol. The fourth-order valence-electron chi connectivity index (χ4n) is 1.73. The summed E-state index contributed by atoms with van der Waals surface area (Å²) in [6, 6.07) is 4.31. The van der Waals surface area contributed by atoms with Crippen molar-refractivity contribution >= 4 is 16.9 Å². The van der Waals surface area contributed by atoms with Crippen molar-refractivity contribution in [3.8, 4) is 0 Å². The zero-order valence-electron chi connectivity index (χ0n) is 10.7. The van der Waals surface area contributed by atoms with Crippen LogP contribution in [-0.4, -0.2) is 22.4 Å².